The summed E-state index contributed by atoms with van der Waals surface area (Å²) in [5.74, 6) is -0.536. The van der Waals surface area contributed by atoms with Gasteiger partial charge in [0.25, 0.3) is 5.91 Å². The molecule has 1 saturated heterocycles. The second-order valence-electron chi connectivity index (χ2n) is 7.64. The van der Waals surface area contributed by atoms with Crippen LogP contribution < -0.4 is 10.6 Å². The average Bonchev–Trinajstić information content (AvgIpc) is 2.65. The molecule has 1 aromatic rings. The number of piperidine rings is 1. The van der Waals surface area contributed by atoms with Gasteiger partial charge in [-0.15, -0.1) is 0 Å². The Kier molecular flexibility index (Phi) is 7.60. The van der Waals surface area contributed by atoms with Gasteiger partial charge < -0.3 is 10.6 Å². The Bertz CT molecular complexity index is 821. The molecule has 7 nitrogen and oxygen atoms in total. The van der Waals surface area contributed by atoms with Crippen LogP contribution in [0.1, 0.15) is 56.0 Å². The van der Waals surface area contributed by atoms with Crippen molar-refractivity contribution in [2.75, 3.05) is 19.6 Å². The maximum Gasteiger partial charge on any atom is 0.251 e. The minimum atomic E-state index is -3.63. The number of carbonyl (C=O) groups excluding carboxylic acids is 2. The summed E-state index contributed by atoms with van der Waals surface area (Å²) in [4.78, 5) is 24.2. The standard InChI is InChI=1S/C20H31N3O4S/c1-14(2)19(24)21-10-11-22-20(25)18-13-17(9-8-15(18)3)28(26,27)23-12-6-5-7-16(23)4/h8-9,13-14,16H,5-7,10-12H2,1-4H3,(H,21,24)(H,22,25). The quantitative estimate of drug-likeness (QED) is 0.674. The number of amides is 2. The van der Waals surface area contributed by atoms with E-state index in [1.165, 1.54) is 10.4 Å². The first kappa shape index (κ1) is 22.4. The van der Waals surface area contributed by atoms with Gasteiger partial charge in [0.05, 0.1) is 4.90 Å². The van der Waals surface area contributed by atoms with E-state index in [4.69, 9.17) is 0 Å². The monoisotopic (exact) mass is 409 g/mol. The van der Waals surface area contributed by atoms with Crippen molar-refractivity contribution < 1.29 is 18.0 Å². The number of nitrogens with zero attached hydrogens (tertiary/aromatic N) is 1. The summed E-state index contributed by atoms with van der Waals surface area (Å²) in [5, 5.41) is 5.47. The van der Waals surface area contributed by atoms with E-state index >= 15 is 0 Å². The highest BCUT2D eigenvalue weighted by Gasteiger charge is 2.31. The fraction of sp³-hybridized carbons (Fsp3) is 0.600. The number of nitrogens with one attached hydrogen (secondary N) is 2. The predicted molar refractivity (Wildman–Crippen MR) is 109 cm³/mol. The molecule has 2 amide bonds. The summed E-state index contributed by atoms with van der Waals surface area (Å²) in [6.07, 6.45) is 2.73. The normalized spacial score (nSPS) is 18.1. The van der Waals surface area contributed by atoms with Crippen LogP contribution in [0.25, 0.3) is 0 Å². The van der Waals surface area contributed by atoms with Crippen LogP contribution in [-0.4, -0.2) is 50.2 Å². The van der Waals surface area contributed by atoms with Gasteiger partial charge in [0.2, 0.25) is 15.9 Å². The Hall–Kier alpha value is -1.93. The van der Waals surface area contributed by atoms with Crippen molar-refractivity contribution in [2.45, 2.75) is 57.9 Å². The highest BCUT2D eigenvalue weighted by Crippen LogP contribution is 2.26. The minimum Gasteiger partial charge on any atom is -0.354 e. The number of benzene rings is 1. The van der Waals surface area contributed by atoms with E-state index in [1.807, 2.05) is 6.92 Å². The van der Waals surface area contributed by atoms with Gasteiger partial charge >= 0.3 is 0 Å². The Morgan fingerprint density at radius 3 is 2.50 bits per heavy atom. The number of rotatable bonds is 7. The van der Waals surface area contributed by atoms with Crippen molar-refractivity contribution in [1.82, 2.24) is 14.9 Å². The van der Waals surface area contributed by atoms with Crippen molar-refractivity contribution in [3.05, 3.63) is 29.3 Å². The molecule has 8 heteroatoms. The van der Waals surface area contributed by atoms with Gasteiger partial charge in [0.15, 0.2) is 0 Å². The smallest absolute Gasteiger partial charge is 0.251 e. The second kappa shape index (κ2) is 9.52. The molecule has 1 aliphatic rings. The lowest BCUT2D eigenvalue weighted by atomic mass is 10.1. The summed E-state index contributed by atoms with van der Waals surface area (Å²) < 4.78 is 27.6. The van der Waals surface area contributed by atoms with E-state index in [2.05, 4.69) is 10.6 Å². The summed E-state index contributed by atoms with van der Waals surface area (Å²) in [7, 11) is -3.63. The van der Waals surface area contributed by atoms with Crippen LogP contribution in [0.2, 0.25) is 0 Å². The molecule has 1 heterocycles. The van der Waals surface area contributed by atoms with E-state index in [0.29, 0.717) is 24.2 Å². The van der Waals surface area contributed by atoms with Crippen molar-refractivity contribution in [3.63, 3.8) is 0 Å². The lowest BCUT2D eigenvalue weighted by Gasteiger charge is -2.32. The molecule has 0 spiro atoms. The van der Waals surface area contributed by atoms with Crippen molar-refractivity contribution in [3.8, 4) is 0 Å². The zero-order valence-electron chi connectivity index (χ0n) is 17.1. The minimum absolute atomic E-state index is 0.0399. The summed E-state index contributed by atoms with van der Waals surface area (Å²) in [6, 6.07) is 4.64. The van der Waals surface area contributed by atoms with Gasteiger partial charge in [-0.1, -0.05) is 26.3 Å². The van der Waals surface area contributed by atoms with E-state index in [1.54, 1.807) is 32.9 Å². The first-order chi connectivity index (χ1) is 13.1. The molecule has 1 unspecified atom stereocenters. The SMILES string of the molecule is Cc1ccc(S(=O)(=O)N2CCCCC2C)cc1C(=O)NCCNC(=O)C(C)C. The first-order valence-electron chi connectivity index (χ1n) is 9.83. The Morgan fingerprint density at radius 2 is 1.86 bits per heavy atom. The van der Waals surface area contributed by atoms with Crippen LogP contribution in [0.3, 0.4) is 0 Å². The molecule has 1 atom stereocenters. The average molecular weight is 410 g/mol. The van der Waals surface area contributed by atoms with Gasteiger partial charge in [-0.05, 0) is 44.4 Å². The van der Waals surface area contributed by atoms with E-state index in [-0.39, 0.29) is 35.2 Å². The van der Waals surface area contributed by atoms with Crippen molar-refractivity contribution >= 4 is 21.8 Å². The molecule has 1 aromatic carbocycles. The topological polar surface area (TPSA) is 95.6 Å². The molecule has 2 N–H and O–H groups in total. The Labute approximate surface area is 167 Å². The third kappa shape index (κ3) is 5.32. The number of hydrogen-bond acceptors (Lipinski definition) is 4. The fourth-order valence-corrected chi connectivity index (χ4v) is 4.96. The third-order valence-electron chi connectivity index (χ3n) is 5.04. The molecule has 0 bridgehead atoms. The van der Waals surface area contributed by atoms with Crippen LogP contribution in [0.5, 0.6) is 0 Å². The molecule has 1 aliphatic heterocycles. The molecule has 2 rings (SSSR count). The zero-order chi connectivity index (χ0) is 20.9. The largest absolute Gasteiger partial charge is 0.354 e. The zero-order valence-corrected chi connectivity index (χ0v) is 17.9. The molecule has 1 fully saturated rings. The van der Waals surface area contributed by atoms with E-state index in [9.17, 15) is 18.0 Å². The summed E-state index contributed by atoms with van der Waals surface area (Å²) in [6.45, 7) is 8.40. The van der Waals surface area contributed by atoms with Crippen LogP contribution in [0, 0.1) is 12.8 Å². The number of hydrogen-bond donors (Lipinski definition) is 2. The van der Waals surface area contributed by atoms with Crippen molar-refractivity contribution in [2.24, 2.45) is 5.92 Å². The van der Waals surface area contributed by atoms with Gasteiger partial charge in [0, 0.05) is 37.2 Å². The van der Waals surface area contributed by atoms with Gasteiger partial charge in [0.1, 0.15) is 0 Å². The third-order valence-corrected chi connectivity index (χ3v) is 7.05. The summed E-state index contributed by atoms with van der Waals surface area (Å²) in [5.41, 5.74) is 1.04. The first-order valence-corrected chi connectivity index (χ1v) is 11.3. The number of aryl methyl sites for hydroxylation is 1. The highest BCUT2D eigenvalue weighted by atomic mass is 32.2. The Balaban J connectivity index is 2.10. The Morgan fingerprint density at radius 1 is 1.18 bits per heavy atom. The molecular formula is C20H31N3O4S. The molecular weight excluding hydrogens is 378 g/mol. The molecule has 28 heavy (non-hydrogen) atoms. The van der Waals surface area contributed by atoms with Crippen molar-refractivity contribution in [1.29, 1.82) is 0 Å². The van der Waals surface area contributed by atoms with Gasteiger partial charge in [-0.3, -0.25) is 9.59 Å². The maximum atomic E-state index is 13.0. The van der Waals surface area contributed by atoms with Gasteiger partial charge in [-0.25, -0.2) is 8.42 Å². The molecule has 0 aliphatic carbocycles. The van der Waals surface area contributed by atoms with Gasteiger partial charge in [-0.2, -0.15) is 4.31 Å². The van der Waals surface area contributed by atoms with E-state index in [0.717, 1.165) is 19.3 Å². The molecule has 0 radical (unpaired) electrons. The van der Waals surface area contributed by atoms with Crippen LogP contribution >= 0.6 is 0 Å². The number of carbonyl (C=O) groups is 2. The van der Waals surface area contributed by atoms with Crippen LogP contribution in [0.15, 0.2) is 23.1 Å². The molecule has 156 valence electrons. The predicted octanol–water partition coefficient (Wildman–Crippen LogP) is 2.06. The van der Waals surface area contributed by atoms with E-state index < -0.39 is 10.0 Å². The fourth-order valence-electron chi connectivity index (χ4n) is 3.23. The molecule has 0 saturated carbocycles. The highest BCUT2D eigenvalue weighted by molar-refractivity contribution is 7.89. The number of sulfonamides is 1. The van der Waals surface area contributed by atoms with Crippen LogP contribution in [0.4, 0.5) is 0 Å². The second-order valence-corrected chi connectivity index (χ2v) is 9.53. The lowest BCUT2D eigenvalue weighted by Crippen LogP contribution is -2.42. The molecule has 0 aromatic heterocycles. The van der Waals surface area contributed by atoms with Crippen LogP contribution in [-0.2, 0) is 14.8 Å². The lowest BCUT2D eigenvalue weighted by molar-refractivity contribution is -0.123. The summed E-state index contributed by atoms with van der Waals surface area (Å²) >= 11 is 0. The maximum absolute atomic E-state index is 13.0.